The largest absolute Gasteiger partial charge is 0.573 e. The van der Waals surface area contributed by atoms with Crippen LogP contribution in [0.25, 0.3) is 0 Å². The van der Waals surface area contributed by atoms with Crippen molar-refractivity contribution >= 4 is 17.3 Å². The molecular weight excluding hydrogens is 415 g/mol. The molecule has 0 aliphatic carbocycles. The van der Waals surface area contributed by atoms with Crippen molar-refractivity contribution in [2.75, 3.05) is 13.2 Å². The fourth-order valence-corrected chi connectivity index (χ4v) is 2.24. The summed E-state index contributed by atoms with van der Waals surface area (Å²) in [5, 5.41) is 24.1. The molecule has 0 atom stereocenters. The molecule has 13 heteroatoms. The number of nitrogens with zero attached hydrogens (tertiary/aromatic N) is 2. The van der Waals surface area contributed by atoms with Crippen LogP contribution < -0.4 is 14.8 Å². The number of alkyl halides is 3. The lowest BCUT2D eigenvalue weighted by Crippen LogP contribution is -2.25. The highest BCUT2D eigenvalue weighted by Crippen LogP contribution is 2.25. The van der Waals surface area contributed by atoms with Gasteiger partial charge in [0.15, 0.2) is 0 Å². The second-order valence-electron chi connectivity index (χ2n) is 5.73. The third kappa shape index (κ3) is 6.92. The first kappa shape index (κ1) is 22.4. The second kappa shape index (κ2) is 9.54. The van der Waals surface area contributed by atoms with Gasteiger partial charge in [-0.05, 0) is 30.7 Å². The molecule has 10 nitrogen and oxygen atoms in total. The van der Waals surface area contributed by atoms with Gasteiger partial charge in [0.1, 0.15) is 11.5 Å². The summed E-state index contributed by atoms with van der Waals surface area (Å²) in [5.74, 6) is -0.853. The van der Waals surface area contributed by atoms with E-state index in [0.717, 1.165) is 30.3 Å². The van der Waals surface area contributed by atoms with Gasteiger partial charge in [-0.3, -0.25) is 25.0 Å². The normalized spacial score (nSPS) is 10.9. The highest BCUT2D eigenvalue weighted by molar-refractivity contribution is 5.95. The molecule has 2 aromatic rings. The van der Waals surface area contributed by atoms with Crippen LogP contribution in [-0.4, -0.2) is 35.3 Å². The summed E-state index contributed by atoms with van der Waals surface area (Å²) in [6, 6.07) is 7.31. The quantitative estimate of drug-likeness (QED) is 0.366. The molecule has 0 aliphatic rings. The summed E-state index contributed by atoms with van der Waals surface area (Å²) >= 11 is 0. The predicted octanol–water partition coefficient (Wildman–Crippen LogP) is 3.60. The number of halogens is 3. The zero-order chi connectivity index (χ0) is 22.3. The molecule has 2 rings (SSSR count). The fourth-order valence-electron chi connectivity index (χ4n) is 2.24. The van der Waals surface area contributed by atoms with Gasteiger partial charge in [-0.25, -0.2) is 0 Å². The molecule has 0 bridgehead atoms. The standard InChI is InChI=1S/C17H14F3N3O7/c18-17(19,20)30-15-4-2-14(3-5-15)29-7-1-6-21-16(24)11-8-12(22(25)26)10-13(9-11)23(27)28/h2-5,8-10H,1,6-7H2,(H,21,24). The Morgan fingerprint density at radius 3 is 2.00 bits per heavy atom. The lowest BCUT2D eigenvalue weighted by Gasteiger charge is -2.10. The molecule has 30 heavy (non-hydrogen) atoms. The van der Waals surface area contributed by atoms with Crippen LogP contribution in [0.3, 0.4) is 0 Å². The summed E-state index contributed by atoms with van der Waals surface area (Å²) < 4.78 is 45.3. The van der Waals surface area contributed by atoms with Crippen LogP contribution in [0.1, 0.15) is 16.8 Å². The molecule has 0 heterocycles. The number of carbonyl (C=O) groups excluding carboxylic acids is 1. The summed E-state index contributed by atoms with van der Waals surface area (Å²) in [4.78, 5) is 32.1. The number of carbonyl (C=O) groups is 1. The Morgan fingerprint density at radius 2 is 1.50 bits per heavy atom. The van der Waals surface area contributed by atoms with Crippen LogP contribution >= 0.6 is 0 Å². The lowest BCUT2D eigenvalue weighted by atomic mass is 10.1. The minimum absolute atomic E-state index is 0.0879. The molecule has 2 aromatic carbocycles. The van der Waals surface area contributed by atoms with Crippen molar-refractivity contribution in [3.8, 4) is 11.5 Å². The lowest BCUT2D eigenvalue weighted by molar-refractivity contribution is -0.394. The van der Waals surface area contributed by atoms with Gasteiger partial charge >= 0.3 is 6.36 Å². The van der Waals surface area contributed by atoms with Crippen molar-refractivity contribution in [1.29, 1.82) is 0 Å². The van der Waals surface area contributed by atoms with Crippen LogP contribution in [0.15, 0.2) is 42.5 Å². The third-order valence-electron chi connectivity index (χ3n) is 3.52. The Balaban J connectivity index is 1.82. The maximum atomic E-state index is 12.1. The molecule has 0 radical (unpaired) electrons. The van der Waals surface area contributed by atoms with Gasteiger partial charge in [0.25, 0.3) is 17.3 Å². The maximum absolute atomic E-state index is 12.1. The minimum atomic E-state index is -4.79. The van der Waals surface area contributed by atoms with Crippen molar-refractivity contribution in [1.82, 2.24) is 5.32 Å². The smallest absolute Gasteiger partial charge is 0.494 e. The van der Waals surface area contributed by atoms with E-state index in [-0.39, 0.29) is 24.5 Å². The average molecular weight is 429 g/mol. The van der Waals surface area contributed by atoms with E-state index < -0.39 is 39.2 Å². The number of nitrogens with one attached hydrogen (secondary N) is 1. The number of hydrogen-bond donors (Lipinski definition) is 1. The van der Waals surface area contributed by atoms with Gasteiger partial charge in [-0.15, -0.1) is 13.2 Å². The molecule has 1 amide bonds. The molecule has 0 saturated carbocycles. The van der Waals surface area contributed by atoms with Crippen LogP contribution in [0, 0.1) is 20.2 Å². The predicted molar refractivity (Wildman–Crippen MR) is 95.3 cm³/mol. The highest BCUT2D eigenvalue weighted by Gasteiger charge is 2.31. The molecular formula is C17H14F3N3O7. The van der Waals surface area contributed by atoms with Crippen molar-refractivity contribution in [3.05, 3.63) is 68.3 Å². The Hall–Kier alpha value is -3.90. The molecule has 1 N–H and O–H groups in total. The highest BCUT2D eigenvalue weighted by atomic mass is 19.4. The molecule has 0 aromatic heterocycles. The average Bonchev–Trinajstić information content (AvgIpc) is 2.67. The zero-order valence-corrected chi connectivity index (χ0v) is 15.0. The van der Waals surface area contributed by atoms with E-state index >= 15 is 0 Å². The topological polar surface area (TPSA) is 134 Å². The maximum Gasteiger partial charge on any atom is 0.573 e. The van der Waals surface area contributed by atoms with E-state index in [9.17, 15) is 38.2 Å². The molecule has 0 aliphatic heterocycles. The van der Waals surface area contributed by atoms with E-state index in [1.165, 1.54) is 12.1 Å². The van der Waals surface area contributed by atoms with Gasteiger partial charge in [-0.2, -0.15) is 0 Å². The van der Waals surface area contributed by atoms with E-state index in [2.05, 4.69) is 10.1 Å². The van der Waals surface area contributed by atoms with E-state index in [0.29, 0.717) is 6.42 Å². The van der Waals surface area contributed by atoms with E-state index in [4.69, 9.17) is 4.74 Å². The number of amides is 1. The number of nitro benzene ring substituents is 2. The Morgan fingerprint density at radius 1 is 0.967 bits per heavy atom. The van der Waals surface area contributed by atoms with Crippen molar-refractivity contribution < 1.29 is 37.3 Å². The van der Waals surface area contributed by atoms with Crippen LogP contribution in [-0.2, 0) is 0 Å². The number of benzene rings is 2. The van der Waals surface area contributed by atoms with Gasteiger partial charge in [0.05, 0.1) is 28.1 Å². The van der Waals surface area contributed by atoms with E-state index in [1.54, 1.807) is 0 Å². The van der Waals surface area contributed by atoms with Crippen molar-refractivity contribution in [2.24, 2.45) is 0 Å². The van der Waals surface area contributed by atoms with Crippen molar-refractivity contribution in [3.63, 3.8) is 0 Å². The van der Waals surface area contributed by atoms with Gasteiger partial charge < -0.3 is 14.8 Å². The Labute approximate surface area is 166 Å². The fraction of sp³-hybridized carbons (Fsp3) is 0.235. The SMILES string of the molecule is O=C(NCCCOc1ccc(OC(F)(F)F)cc1)c1cc([N+](=O)[O-])cc([N+](=O)[O-])c1. The monoisotopic (exact) mass is 429 g/mol. The Kier molecular flexibility index (Phi) is 7.12. The molecule has 0 saturated heterocycles. The number of rotatable bonds is 9. The van der Waals surface area contributed by atoms with Gasteiger partial charge in [0, 0.05) is 18.7 Å². The van der Waals surface area contributed by atoms with Crippen LogP contribution in [0.4, 0.5) is 24.5 Å². The Bertz CT molecular complexity index is 901. The molecule has 0 unspecified atom stereocenters. The van der Waals surface area contributed by atoms with Gasteiger partial charge in [-0.1, -0.05) is 0 Å². The van der Waals surface area contributed by atoms with Gasteiger partial charge in [0.2, 0.25) is 0 Å². The summed E-state index contributed by atoms with van der Waals surface area (Å²) in [5.41, 5.74) is -1.41. The number of ether oxygens (including phenoxy) is 2. The first-order chi connectivity index (χ1) is 14.0. The molecule has 0 spiro atoms. The third-order valence-corrected chi connectivity index (χ3v) is 3.52. The summed E-state index contributed by atoms with van der Waals surface area (Å²) in [7, 11) is 0. The zero-order valence-electron chi connectivity index (χ0n) is 15.0. The molecule has 160 valence electrons. The number of hydrogen-bond acceptors (Lipinski definition) is 7. The van der Waals surface area contributed by atoms with Crippen LogP contribution in [0.2, 0.25) is 0 Å². The molecule has 0 fully saturated rings. The van der Waals surface area contributed by atoms with Crippen molar-refractivity contribution in [2.45, 2.75) is 12.8 Å². The van der Waals surface area contributed by atoms with E-state index in [1.807, 2.05) is 0 Å². The number of nitro groups is 2. The van der Waals surface area contributed by atoms with Crippen LogP contribution in [0.5, 0.6) is 11.5 Å². The summed E-state index contributed by atoms with van der Waals surface area (Å²) in [6.45, 7) is 0.194. The first-order valence-corrected chi connectivity index (χ1v) is 8.26. The minimum Gasteiger partial charge on any atom is -0.494 e. The summed E-state index contributed by atoms with van der Waals surface area (Å²) in [6.07, 6.45) is -4.50. The first-order valence-electron chi connectivity index (χ1n) is 8.26. The number of non-ortho nitro benzene ring substituents is 2. The second-order valence-corrected chi connectivity index (χ2v) is 5.73.